The van der Waals surface area contributed by atoms with Crippen LogP contribution in [0.5, 0.6) is 0 Å². The molecule has 0 spiro atoms. The van der Waals surface area contributed by atoms with Gasteiger partial charge in [-0.3, -0.25) is 4.98 Å². The Hall–Kier alpha value is -2.39. The van der Waals surface area contributed by atoms with E-state index < -0.39 is 0 Å². The van der Waals surface area contributed by atoms with Gasteiger partial charge in [0.1, 0.15) is 0 Å². The lowest BCUT2D eigenvalue weighted by Crippen LogP contribution is -2.10. The highest BCUT2D eigenvalue weighted by molar-refractivity contribution is 6.18. The number of nitrogens with one attached hydrogen (secondary N) is 1. The molecule has 0 unspecified atom stereocenters. The standard InChI is InChI=1S/C18H17N3/c1-21(2)11-13-10-20-18-15(13)7-8-16-17(18)14-6-4-3-5-12(14)9-19-16/h3-10,19H,11H2,1-2H3. The molecule has 0 atom stereocenters. The summed E-state index contributed by atoms with van der Waals surface area (Å²) in [5, 5.41) is 4.94. The lowest BCUT2D eigenvalue weighted by Gasteiger charge is -2.09. The molecule has 3 nitrogen and oxygen atoms in total. The molecule has 4 aromatic rings. The molecule has 0 saturated carbocycles. The van der Waals surface area contributed by atoms with Crippen LogP contribution in [0.3, 0.4) is 0 Å². The number of hydrogen-bond acceptors (Lipinski definition) is 2. The number of pyridine rings is 1. The van der Waals surface area contributed by atoms with Crippen molar-refractivity contribution in [3.05, 3.63) is 54.4 Å². The molecule has 3 heteroatoms. The fourth-order valence-electron chi connectivity index (χ4n) is 3.06. The normalized spacial score (nSPS) is 12.0. The van der Waals surface area contributed by atoms with E-state index in [0.29, 0.717) is 0 Å². The lowest BCUT2D eigenvalue weighted by molar-refractivity contribution is 0.404. The fourth-order valence-corrected chi connectivity index (χ4v) is 3.06. The zero-order valence-electron chi connectivity index (χ0n) is 12.2. The highest BCUT2D eigenvalue weighted by Crippen LogP contribution is 2.31. The van der Waals surface area contributed by atoms with Gasteiger partial charge in [-0.1, -0.05) is 30.3 Å². The Labute approximate surface area is 123 Å². The zero-order valence-corrected chi connectivity index (χ0v) is 12.2. The second-order valence-corrected chi connectivity index (χ2v) is 5.78. The molecule has 2 heterocycles. The summed E-state index contributed by atoms with van der Waals surface area (Å²) in [5.74, 6) is 0. The van der Waals surface area contributed by atoms with Gasteiger partial charge in [-0.05, 0) is 36.5 Å². The SMILES string of the molecule is CN(C)Cc1cnc2c1ccc1[nH]cc3ccccc3c12. The minimum Gasteiger partial charge on any atom is -0.361 e. The van der Waals surface area contributed by atoms with E-state index in [-0.39, 0.29) is 0 Å². The number of aromatic nitrogens is 2. The summed E-state index contributed by atoms with van der Waals surface area (Å²) < 4.78 is 0. The van der Waals surface area contributed by atoms with Crippen molar-refractivity contribution >= 4 is 32.6 Å². The van der Waals surface area contributed by atoms with Crippen molar-refractivity contribution in [3.63, 3.8) is 0 Å². The molecule has 21 heavy (non-hydrogen) atoms. The maximum absolute atomic E-state index is 4.70. The van der Waals surface area contributed by atoms with Gasteiger partial charge in [-0.25, -0.2) is 0 Å². The van der Waals surface area contributed by atoms with E-state index in [2.05, 4.69) is 66.6 Å². The molecular formula is C18H17N3. The number of aromatic amines is 1. The Bertz CT molecular complexity index is 951. The van der Waals surface area contributed by atoms with Crippen LogP contribution in [0.2, 0.25) is 0 Å². The zero-order chi connectivity index (χ0) is 14.4. The Kier molecular flexibility index (Phi) is 2.69. The predicted molar refractivity (Wildman–Crippen MR) is 88.5 cm³/mol. The van der Waals surface area contributed by atoms with Crippen molar-refractivity contribution in [3.8, 4) is 0 Å². The molecular weight excluding hydrogens is 258 g/mol. The van der Waals surface area contributed by atoms with Crippen molar-refractivity contribution in [2.75, 3.05) is 14.1 Å². The Morgan fingerprint density at radius 2 is 1.90 bits per heavy atom. The minimum absolute atomic E-state index is 0.913. The van der Waals surface area contributed by atoms with Gasteiger partial charge in [0.25, 0.3) is 0 Å². The molecule has 0 saturated heterocycles. The van der Waals surface area contributed by atoms with Gasteiger partial charge in [0, 0.05) is 35.2 Å². The van der Waals surface area contributed by atoms with E-state index in [1.54, 1.807) is 0 Å². The number of benzene rings is 2. The van der Waals surface area contributed by atoms with Crippen LogP contribution in [0.25, 0.3) is 32.6 Å². The van der Waals surface area contributed by atoms with Crippen LogP contribution in [-0.2, 0) is 6.54 Å². The molecule has 0 fully saturated rings. The first kappa shape index (κ1) is 12.4. The van der Waals surface area contributed by atoms with Gasteiger partial charge in [-0.2, -0.15) is 0 Å². The van der Waals surface area contributed by atoms with Gasteiger partial charge in [0.2, 0.25) is 0 Å². The number of rotatable bonds is 2. The minimum atomic E-state index is 0.913. The van der Waals surface area contributed by atoms with Gasteiger partial charge in [0.15, 0.2) is 0 Å². The largest absolute Gasteiger partial charge is 0.361 e. The van der Waals surface area contributed by atoms with Crippen LogP contribution in [0, 0.1) is 0 Å². The van der Waals surface area contributed by atoms with Crippen LogP contribution in [0.4, 0.5) is 0 Å². The van der Waals surface area contributed by atoms with Crippen LogP contribution >= 0.6 is 0 Å². The fraction of sp³-hybridized carbons (Fsp3) is 0.167. The van der Waals surface area contributed by atoms with Gasteiger partial charge in [0.05, 0.1) is 5.52 Å². The van der Waals surface area contributed by atoms with Crippen LogP contribution in [0.1, 0.15) is 5.56 Å². The quantitative estimate of drug-likeness (QED) is 0.562. The van der Waals surface area contributed by atoms with E-state index in [9.17, 15) is 0 Å². The molecule has 1 N–H and O–H groups in total. The molecule has 0 radical (unpaired) electrons. The summed E-state index contributed by atoms with van der Waals surface area (Å²) >= 11 is 0. The average Bonchev–Trinajstić information content (AvgIpc) is 2.89. The van der Waals surface area contributed by atoms with Crippen LogP contribution in [0.15, 0.2) is 48.8 Å². The maximum Gasteiger partial charge on any atom is 0.0805 e. The van der Waals surface area contributed by atoms with E-state index in [1.165, 1.54) is 27.1 Å². The van der Waals surface area contributed by atoms with Crippen molar-refractivity contribution in [1.82, 2.24) is 14.9 Å². The smallest absolute Gasteiger partial charge is 0.0805 e. The lowest BCUT2D eigenvalue weighted by atomic mass is 10.0. The molecule has 4 rings (SSSR count). The summed E-state index contributed by atoms with van der Waals surface area (Å²) in [7, 11) is 4.17. The number of fused-ring (bicyclic) bond motifs is 5. The van der Waals surface area contributed by atoms with Crippen LogP contribution in [-0.4, -0.2) is 29.0 Å². The number of nitrogens with zero attached hydrogens (tertiary/aromatic N) is 2. The van der Waals surface area contributed by atoms with Gasteiger partial charge in [-0.15, -0.1) is 0 Å². The summed E-state index contributed by atoms with van der Waals surface area (Å²) in [6, 6.07) is 12.8. The summed E-state index contributed by atoms with van der Waals surface area (Å²) in [5.41, 5.74) is 3.51. The molecule has 0 aliphatic rings. The Balaban J connectivity index is 2.12. The molecule has 2 aromatic heterocycles. The van der Waals surface area contributed by atoms with Gasteiger partial charge < -0.3 is 9.88 Å². The van der Waals surface area contributed by atoms with E-state index >= 15 is 0 Å². The van der Waals surface area contributed by atoms with Crippen LogP contribution < -0.4 is 0 Å². The Morgan fingerprint density at radius 3 is 2.76 bits per heavy atom. The predicted octanol–water partition coefficient (Wildman–Crippen LogP) is 3.93. The molecule has 0 amide bonds. The average molecular weight is 275 g/mol. The molecule has 2 aromatic carbocycles. The van der Waals surface area contributed by atoms with Crippen molar-refractivity contribution < 1.29 is 0 Å². The third-order valence-corrected chi connectivity index (χ3v) is 3.97. The second-order valence-electron chi connectivity index (χ2n) is 5.78. The molecule has 0 bridgehead atoms. The van der Waals surface area contributed by atoms with Crippen molar-refractivity contribution in [2.45, 2.75) is 6.54 Å². The number of hydrogen-bond donors (Lipinski definition) is 1. The summed E-state index contributed by atoms with van der Waals surface area (Å²) in [6.07, 6.45) is 4.07. The molecule has 0 aliphatic heterocycles. The molecule has 0 aliphatic carbocycles. The van der Waals surface area contributed by atoms with E-state index in [1.807, 2.05) is 6.20 Å². The van der Waals surface area contributed by atoms with Crippen molar-refractivity contribution in [2.24, 2.45) is 0 Å². The first-order valence-corrected chi connectivity index (χ1v) is 7.15. The first-order chi connectivity index (χ1) is 10.2. The van der Waals surface area contributed by atoms with Gasteiger partial charge >= 0.3 is 0 Å². The van der Waals surface area contributed by atoms with E-state index in [0.717, 1.165) is 17.6 Å². The maximum atomic E-state index is 4.70. The Morgan fingerprint density at radius 1 is 1.05 bits per heavy atom. The first-order valence-electron chi connectivity index (χ1n) is 7.15. The molecule has 104 valence electrons. The highest BCUT2D eigenvalue weighted by Gasteiger charge is 2.11. The third kappa shape index (κ3) is 1.89. The third-order valence-electron chi connectivity index (χ3n) is 3.97. The summed E-state index contributed by atoms with van der Waals surface area (Å²) in [6.45, 7) is 0.913. The topological polar surface area (TPSA) is 31.9 Å². The number of H-pyrrole nitrogens is 1. The monoisotopic (exact) mass is 275 g/mol. The highest BCUT2D eigenvalue weighted by atomic mass is 15.0. The van der Waals surface area contributed by atoms with E-state index in [4.69, 9.17) is 4.98 Å². The van der Waals surface area contributed by atoms with Crippen molar-refractivity contribution in [1.29, 1.82) is 0 Å². The second kappa shape index (κ2) is 4.57. The summed E-state index contributed by atoms with van der Waals surface area (Å²) in [4.78, 5) is 10.3.